The summed E-state index contributed by atoms with van der Waals surface area (Å²) in [7, 11) is 1.74. The fourth-order valence-electron chi connectivity index (χ4n) is 2.11. The Kier molecular flexibility index (Phi) is 3.55. The second kappa shape index (κ2) is 5.14. The number of rotatable bonds is 4. The lowest BCUT2D eigenvalue weighted by atomic mass is 10.1. The number of hydrogen-bond acceptors (Lipinski definition) is 3. The van der Waals surface area contributed by atoms with Crippen LogP contribution in [0.4, 0.5) is 5.82 Å². The molecule has 0 saturated carbocycles. The first-order chi connectivity index (χ1) is 9.00. The molecule has 2 aromatic rings. The van der Waals surface area contributed by atoms with Gasteiger partial charge < -0.3 is 10.4 Å². The second-order valence-corrected chi connectivity index (χ2v) is 4.51. The number of nitrogens with zero attached hydrogens (tertiary/aromatic N) is 2. The highest BCUT2D eigenvalue weighted by Crippen LogP contribution is 2.24. The van der Waals surface area contributed by atoms with E-state index in [-0.39, 0.29) is 11.6 Å². The molecule has 5 heteroatoms. The first-order valence-electron chi connectivity index (χ1n) is 6.09. The lowest BCUT2D eigenvalue weighted by molar-refractivity contribution is 0.0697. The maximum absolute atomic E-state index is 11.3. The number of carbonyl (C=O) groups is 1. The van der Waals surface area contributed by atoms with Crippen molar-refractivity contribution in [2.24, 2.45) is 7.05 Å². The molecule has 1 aromatic heterocycles. The minimum atomic E-state index is -0.964. The van der Waals surface area contributed by atoms with Gasteiger partial charge in [0.2, 0.25) is 0 Å². The summed E-state index contributed by atoms with van der Waals surface area (Å²) in [6.45, 7) is 3.69. The van der Waals surface area contributed by atoms with Crippen molar-refractivity contribution in [1.82, 2.24) is 9.78 Å². The molecular formula is C14H17N3O2. The van der Waals surface area contributed by atoms with Crippen molar-refractivity contribution < 1.29 is 9.90 Å². The molecule has 0 aliphatic carbocycles. The average Bonchev–Trinajstić information content (AvgIpc) is 2.65. The number of carboxylic acids is 1. The zero-order chi connectivity index (χ0) is 14.0. The maximum atomic E-state index is 11.3. The first kappa shape index (κ1) is 13.1. The molecule has 2 rings (SSSR count). The summed E-state index contributed by atoms with van der Waals surface area (Å²) in [4.78, 5) is 11.3. The summed E-state index contributed by atoms with van der Waals surface area (Å²) in [5.41, 5.74) is 1.83. The van der Waals surface area contributed by atoms with Gasteiger partial charge in [-0.15, -0.1) is 0 Å². The molecular weight excluding hydrogens is 242 g/mol. The van der Waals surface area contributed by atoms with Crippen molar-refractivity contribution in [3.63, 3.8) is 0 Å². The number of aromatic nitrogens is 2. The van der Waals surface area contributed by atoms with Crippen LogP contribution < -0.4 is 5.32 Å². The van der Waals surface area contributed by atoms with Gasteiger partial charge in [0.25, 0.3) is 0 Å². The minimum absolute atomic E-state index is 0.00843. The van der Waals surface area contributed by atoms with E-state index in [2.05, 4.69) is 10.4 Å². The van der Waals surface area contributed by atoms with E-state index >= 15 is 0 Å². The number of hydrogen-bond donors (Lipinski definition) is 2. The predicted octanol–water partition coefficient (Wildman–Crippen LogP) is 2.60. The number of nitrogens with one attached hydrogen (secondary N) is 1. The summed E-state index contributed by atoms with van der Waals surface area (Å²) >= 11 is 0. The molecule has 0 fully saturated rings. The number of benzene rings is 1. The van der Waals surface area contributed by atoms with Crippen LogP contribution in [0, 0.1) is 6.92 Å². The summed E-state index contributed by atoms with van der Waals surface area (Å²) in [5, 5.41) is 16.6. The van der Waals surface area contributed by atoms with E-state index in [1.165, 1.54) is 0 Å². The summed E-state index contributed by atoms with van der Waals surface area (Å²) in [6.07, 6.45) is 0. The van der Waals surface area contributed by atoms with Crippen molar-refractivity contribution in [3.8, 4) is 0 Å². The Balaban J connectivity index is 2.31. The third-order valence-electron chi connectivity index (χ3n) is 3.09. The molecule has 19 heavy (non-hydrogen) atoms. The van der Waals surface area contributed by atoms with Crippen LogP contribution in [0.15, 0.2) is 30.3 Å². The van der Waals surface area contributed by atoms with Crippen LogP contribution in [-0.2, 0) is 7.05 Å². The van der Waals surface area contributed by atoms with E-state index < -0.39 is 5.97 Å². The van der Waals surface area contributed by atoms with Gasteiger partial charge in [-0.3, -0.25) is 4.68 Å². The van der Waals surface area contributed by atoms with Crippen LogP contribution in [0.3, 0.4) is 0 Å². The van der Waals surface area contributed by atoms with Gasteiger partial charge in [-0.1, -0.05) is 30.3 Å². The maximum Gasteiger partial charge on any atom is 0.341 e. The Morgan fingerprint density at radius 1 is 1.37 bits per heavy atom. The van der Waals surface area contributed by atoms with Crippen LogP contribution >= 0.6 is 0 Å². The smallest absolute Gasteiger partial charge is 0.341 e. The Hall–Kier alpha value is -2.30. The molecule has 1 heterocycles. The Labute approximate surface area is 111 Å². The quantitative estimate of drug-likeness (QED) is 0.885. The van der Waals surface area contributed by atoms with E-state index in [9.17, 15) is 9.90 Å². The van der Waals surface area contributed by atoms with Crippen molar-refractivity contribution in [2.75, 3.05) is 5.32 Å². The van der Waals surface area contributed by atoms with Gasteiger partial charge in [0.15, 0.2) is 0 Å². The molecule has 2 N–H and O–H groups in total. The van der Waals surface area contributed by atoms with Crippen molar-refractivity contribution in [2.45, 2.75) is 19.9 Å². The van der Waals surface area contributed by atoms with E-state index in [0.29, 0.717) is 11.5 Å². The van der Waals surface area contributed by atoms with Gasteiger partial charge in [-0.25, -0.2) is 4.79 Å². The zero-order valence-corrected chi connectivity index (χ0v) is 11.2. The number of carboxylic acid groups (broad SMARTS) is 1. The Morgan fingerprint density at radius 3 is 2.58 bits per heavy atom. The van der Waals surface area contributed by atoms with Crippen LogP contribution in [0.2, 0.25) is 0 Å². The highest BCUT2D eigenvalue weighted by Gasteiger charge is 2.21. The van der Waals surface area contributed by atoms with E-state index in [4.69, 9.17) is 0 Å². The molecule has 0 radical (unpaired) electrons. The number of aryl methyl sites for hydroxylation is 2. The Bertz CT molecular complexity index is 590. The molecule has 0 bridgehead atoms. The van der Waals surface area contributed by atoms with E-state index in [1.54, 1.807) is 18.7 Å². The highest BCUT2D eigenvalue weighted by molar-refractivity contribution is 5.94. The SMILES string of the molecule is Cc1nn(C)c(NC(C)c2ccccc2)c1C(=O)O. The molecule has 0 aliphatic heterocycles. The van der Waals surface area contributed by atoms with Crippen LogP contribution in [0.5, 0.6) is 0 Å². The summed E-state index contributed by atoms with van der Waals surface area (Å²) < 4.78 is 1.57. The van der Waals surface area contributed by atoms with Gasteiger partial charge in [0.05, 0.1) is 5.69 Å². The molecule has 1 unspecified atom stereocenters. The van der Waals surface area contributed by atoms with Crippen LogP contribution in [-0.4, -0.2) is 20.9 Å². The minimum Gasteiger partial charge on any atom is -0.477 e. The van der Waals surface area contributed by atoms with Gasteiger partial charge in [0, 0.05) is 13.1 Å². The topological polar surface area (TPSA) is 67.2 Å². The van der Waals surface area contributed by atoms with Gasteiger partial charge >= 0.3 is 5.97 Å². The second-order valence-electron chi connectivity index (χ2n) is 4.51. The van der Waals surface area contributed by atoms with E-state index in [1.807, 2.05) is 37.3 Å². The fourth-order valence-corrected chi connectivity index (χ4v) is 2.11. The summed E-state index contributed by atoms with van der Waals surface area (Å²) in [5.74, 6) is -0.435. The van der Waals surface area contributed by atoms with Crippen molar-refractivity contribution in [3.05, 3.63) is 47.2 Å². The largest absolute Gasteiger partial charge is 0.477 e. The van der Waals surface area contributed by atoms with Crippen molar-refractivity contribution >= 4 is 11.8 Å². The number of anilines is 1. The van der Waals surface area contributed by atoms with Crippen LogP contribution in [0.25, 0.3) is 0 Å². The number of aromatic carboxylic acids is 1. The standard InChI is InChI=1S/C14H17N3O2/c1-9(11-7-5-4-6-8-11)15-13-12(14(18)19)10(2)16-17(13)3/h4-9,15H,1-3H3,(H,18,19). The predicted molar refractivity (Wildman–Crippen MR) is 73.4 cm³/mol. The molecule has 0 aliphatic rings. The molecule has 0 spiro atoms. The third kappa shape index (κ3) is 2.59. The molecule has 0 amide bonds. The average molecular weight is 259 g/mol. The highest BCUT2D eigenvalue weighted by atomic mass is 16.4. The molecule has 1 atom stereocenters. The first-order valence-corrected chi connectivity index (χ1v) is 6.09. The lowest BCUT2D eigenvalue weighted by Crippen LogP contribution is -2.13. The lowest BCUT2D eigenvalue weighted by Gasteiger charge is -2.16. The monoisotopic (exact) mass is 259 g/mol. The van der Waals surface area contributed by atoms with Crippen LogP contribution in [0.1, 0.15) is 34.6 Å². The third-order valence-corrected chi connectivity index (χ3v) is 3.09. The van der Waals surface area contributed by atoms with Gasteiger partial charge in [0.1, 0.15) is 11.4 Å². The molecule has 100 valence electrons. The summed E-state index contributed by atoms with van der Waals surface area (Å²) in [6, 6.07) is 9.88. The normalized spacial score (nSPS) is 12.2. The molecule has 5 nitrogen and oxygen atoms in total. The van der Waals surface area contributed by atoms with E-state index in [0.717, 1.165) is 5.56 Å². The molecule has 0 saturated heterocycles. The Morgan fingerprint density at radius 2 is 2.00 bits per heavy atom. The van der Waals surface area contributed by atoms with Crippen molar-refractivity contribution in [1.29, 1.82) is 0 Å². The fraction of sp³-hybridized carbons (Fsp3) is 0.286. The molecule has 1 aromatic carbocycles. The van der Waals surface area contributed by atoms with Gasteiger partial charge in [-0.2, -0.15) is 5.10 Å². The zero-order valence-electron chi connectivity index (χ0n) is 11.2. The van der Waals surface area contributed by atoms with Gasteiger partial charge in [-0.05, 0) is 19.4 Å².